The van der Waals surface area contributed by atoms with Crippen molar-refractivity contribution in [2.45, 2.75) is 19.8 Å². The molecule has 0 bridgehead atoms. The number of benzene rings is 1. The molecule has 0 amide bonds. The van der Waals surface area contributed by atoms with Crippen molar-refractivity contribution in [1.29, 1.82) is 0 Å². The molecule has 1 aromatic rings. The van der Waals surface area contributed by atoms with Gasteiger partial charge in [0.2, 0.25) is 0 Å². The quantitative estimate of drug-likeness (QED) is 0.857. The van der Waals surface area contributed by atoms with E-state index in [4.69, 9.17) is 0 Å². The monoisotopic (exact) mass is 232 g/mol. The number of nitrogens with one attached hydrogen (secondary N) is 1. The zero-order valence-corrected chi connectivity index (χ0v) is 11.0. The first-order valence-corrected chi connectivity index (χ1v) is 6.75. The maximum absolute atomic E-state index is 3.42. The molecule has 1 heterocycles. The lowest BCUT2D eigenvalue weighted by molar-refractivity contribution is 0.212. The molecule has 1 atom stereocenters. The van der Waals surface area contributed by atoms with Gasteiger partial charge in [-0.3, -0.25) is 0 Å². The summed E-state index contributed by atoms with van der Waals surface area (Å²) in [7, 11) is 0. The van der Waals surface area contributed by atoms with Gasteiger partial charge in [-0.05, 0) is 17.4 Å². The average molecular weight is 232 g/mol. The Bertz CT molecular complexity index is 315. The Balaban J connectivity index is 2.02. The molecule has 1 aromatic carbocycles. The van der Waals surface area contributed by atoms with Crippen LogP contribution in [0.1, 0.15) is 25.3 Å². The SMILES string of the molecule is CC(C)C(CN1CCNCC1)c1ccccc1. The van der Waals surface area contributed by atoms with Crippen LogP contribution >= 0.6 is 0 Å². The summed E-state index contributed by atoms with van der Waals surface area (Å²) >= 11 is 0. The molecule has 1 unspecified atom stereocenters. The Hall–Kier alpha value is -0.860. The van der Waals surface area contributed by atoms with E-state index >= 15 is 0 Å². The minimum absolute atomic E-state index is 0.661. The minimum Gasteiger partial charge on any atom is -0.314 e. The average Bonchev–Trinajstić information content (AvgIpc) is 2.38. The van der Waals surface area contributed by atoms with Gasteiger partial charge in [0.1, 0.15) is 0 Å². The van der Waals surface area contributed by atoms with Crippen molar-refractivity contribution in [3.63, 3.8) is 0 Å². The van der Waals surface area contributed by atoms with E-state index in [1.54, 1.807) is 0 Å². The second-order valence-corrected chi connectivity index (χ2v) is 5.31. The molecule has 2 heteroatoms. The van der Waals surface area contributed by atoms with E-state index < -0.39 is 0 Å². The third kappa shape index (κ3) is 3.55. The molecule has 2 rings (SSSR count). The van der Waals surface area contributed by atoms with E-state index in [0.717, 1.165) is 13.1 Å². The van der Waals surface area contributed by atoms with Gasteiger partial charge in [-0.2, -0.15) is 0 Å². The Morgan fingerprint density at radius 2 is 1.76 bits per heavy atom. The first-order valence-electron chi connectivity index (χ1n) is 6.75. The third-order valence-electron chi connectivity index (χ3n) is 3.70. The maximum Gasteiger partial charge on any atom is 0.0108 e. The van der Waals surface area contributed by atoms with E-state index in [9.17, 15) is 0 Å². The standard InChI is InChI=1S/C15H24N2/c1-13(2)15(14-6-4-3-5-7-14)12-17-10-8-16-9-11-17/h3-7,13,15-16H,8-12H2,1-2H3. The fraction of sp³-hybridized carbons (Fsp3) is 0.600. The van der Waals surface area contributed by atoms with Gasteiger partial charge in [-0.1, -0.05) is 44.2 Å². The Kier molecular flexibility index (Phi) is 4.57. The van der Waals surface area contributed by atoms with Crippen molar-refractivity contribution in [1.82, 2.24) is 10.2 Å². The first-order chi connectivity index (χ1) is 8.27. The molecule has 0 saturated carbocycles. The summed E-state index contributed by atoms with van der Waals surface area (Å²) in [5.41, 5.74) is 1.49. The highest BCUT2D eigenvalue weighted by molar-refractivity contribution is 5.20. The van der Waals surface area contributed by atoms with Crippen molar-refractivity contribution in [2.75, 3.05) is 32.7 Å². The first kappa shape index (κ1) is 12.6. The van der Waals surface area contributed by atoms with Crippen LogP contribution in [0.4, 0.5) is 0 Å². The van der Waals surface area contributed by atoms with Gasteiger partial charge >= 0.3 is 0 Å². The number of nitrogens with zero attached hydrogens (tertiary/aromatic N) is 1. The molecule has 1 fully saturated rings. The molecule has 1 aliphatic heterocycles. The van der Waals surface area contributed by atoms with Gasteiger partial charge < -0.3 is 10.2 Å². The fourth-order valence-electron chi connectivity index (χ4n) is 2.57. The van der Waals surface area contributed by atoms with Crippen LogP contribution in [0.2, 0.25) is 0 Å². The lowest BCUT2D eigenvalue weighted by Gasteiger charge is -2.32. The van der Waals surface area contributed by atoms with Crippen LogP contribution in [0.5, 0.6) is 0 Å². The van der Waals surface area contributed by atoms with Crippen LogP contribution in [-0.4, -0.2) is 37.6 Å². The molecule has 0 aliphatic carbocycles. The van der Waals surface area contributed by atoms with E-state index in [2.05, 4.69) is 54.4 Å². The highest BCUT2D eigenvalue weighted by atomic mass is 15.2. The lowest BCUT2D eigenvalue weighted by atomic mass is 9.88. The van der Waals surface area contributed by atoms with Crippen LogP contribution in [0.3, 0.4) is 0 Å². The van der Waals surface area contributed by atoms with Crippen molar-refractivity contribution < 1.29 is 0 Å². The van der Waals surface area contributed by atoms with Gasteiger partial charge in [-0.15, -0.1) is 0 Å². The second-order valence-electron chi connectivity index (χ2n) is 5.31. The molecule has 1 N–H and O–H groups in total. The van der Waals surface area contributed by atoms with Crippen LogP contribution in [0.25, 0.3) is 0 Å². The van der Waals surface area contributed by atoms with Gasteiger partial charge in [0.05, 0.1) is 0 Å². The molecule has 1 saturated heterocycles. The van der Waals surface area contributed by atoms with Crippen molar-refractivity contribution >= 4 is 0 Å². The largest absolute Gasteiger partial charge is 0.314 e. The topological polar surface area (TPSA) is 15.3 Å². The normalized spacial score (nSPS) is 19.5. The summed E-state index contributed by atoms with van der Waals surface area (Å²) in [6, 6.07) is 11.0. The zero-order chi connectivity index (χ0) is 12.1. The van der Waals surface area contributed by atoms with E-state index in [0.29, 0.717) is 11.8 Å². The van der Waals surface area contributed by atoms with Gasteiger partial charge in [-0.25, -0.2) is 0 Å². The molecule has 1 aliphatic rings. The van der Waals surface area contributed by atoms with Crippen LogP contribution in [0.15, 0.2) is 30.3 Å². The molecule has 0 aromatic heterocycles. The van der Waals surface area contributed by atoms with Gasteiger partial charge in [0, 0.05) is 32.7 Å². The number of piperazine rings is 1. The third-order valence-corrected chi connectivity index (χ3v) is 3.70. The summed E-state index contributed by atoms with van der Waals surface area (Å²) < 4.78 is 0. The molecule has 0 radical (unpaired) electrons. The Morgan fingerprint density at radius 1 is 1.12 bits per heavy atom. The van der Waals surface area contributed by atoms with Crippen LogP contribution in [0, 0.1) is 5.92 Å². The van der Waals surface area contributed by atoms with E-state index in [1.807, 2.05) is 0 Å². The summed E-state index contributed by atoms with van der Waals surface area (Å²) in [5, 5.41) is 3.42. The smallest absolute Gasteiger partial charge is 0.0108 e. The predicted molar refractivity (Wildman–Crippen MR) is 73.3 cm³/mol. The second kappa shape index (κ2) is 6.18. The summed E-state index contributed by atoms with van der Waals surface area (Å²) in [4.78, 5) is 2.59. The molecule has 17 heavy (non-hydrogen) atoms. The molecular formula is C15H24N2. The highest BCUT2D eigenvalue weighted by Gasteiger charge is 2.20. The van der Waals surface area contributed by atoms with Gasteiger partial charge in [0.25, 0.3) is 0 Å². The Labute approximate surface area is 105 Å². The van der Waals surface area contributed by atoms with E-state index in [-0.39, 0.29) is 0 Å². The van der Waals surface area contributed by atoms with Crippen molar-refractivity contribution in [3.05, 3.63) is 35.9 Å². The predicted octanol–water partition coefficient (Wildman–Crippen LogP) is 2.33. The van der Waals surface area contributed by atoms with Gasteiger partial charge in [0.15, 0.2) is 0 Å². The van der Waals surface area contributed by atoms with E-state index in [1.165, 1.54) is 25.2 Å². The summed E-state index contributed by atoms with van der Waals surface area (Å²) in [5.74, 6) is 1.36. The summed E-state index contributed by atoms with van der Waals surface area (Å²) in [6.45, 7) is 10.5. The number of hydrogen-bond donors (Lipinski definition) is 1. The number of hydrogen-bond acceptors (Lipinski definition) is 2. The molecule has 94 valence electrons. The zero-order valence-electron chi connectivity index (χ0n) is 11.0. The Morgan fingerprint density at radius 3 is 2.35 bits per heavy atom. The van der Waals surface area contributed by atoms with Crippen LogP contribution in [-0.2, 0) is 0 Å². The molecule has 0 spiro atoms. The lowest BCUT2D eigenvalue weighted by Crippen LogP contribution is -2.45. The van der Waals surface area contributed by atoms with Crippen molar-refractivity contribution in [3.8, 4) is 0 Å². The van der Waals surface area contributed by atoms with Crippen LogP contribution < -0.4 is 5.32 Å². The molecule has 2 nitrogen and oxygen atoms in total. The minimum atomic E-state index is 0.661. The number of rotatable bonds is 4. The summed E-state index contributed by atoms with van der Waals surface area (Å²) in [6.07, 6.45) is 0. The maximum atomic E-state index is 3.42. The highest BCUT2D eigenvalue weighted by Crippen LogP contribution is 2.25. The van der Waals surface area contributed by atoms with Crippen molar-refractivity contribution in [2.24, 2.45) is 5.92 Å². The fourth-order valence-corrected chi connectivity index (χ4v) is 2.57. The molecular weight excluding hydrogens is 208 g/mol.